The summed E-state index contributed by atoms with van der Waals surface area (Å²) in [5.41, 5.74) is 2.57. The second-order valence-corrected chi connectivity index (χ2v) is 8.95. The molecule has 2 aromatic carbocycles. The molecule has 3 N–H and O–H groups in total. The maximum absolute atomic E-state index is 12.8. The van der Waals surface area contributed by atoms with Crippen LogP contribution < -0.4 is 21.1 Å². The molecule has 11 heteroatoms. The minimum Gasteiger partial charge on any atom is -0.465 e. The van der Waals surface area contributed by atoms with Crippen LogP contribution in [0.5, 0.6) is 0 Å². The predicted molar refractivity (Wildman–Crippen MR) is 141 cm³/mol. The molecule has 0 unspecified atom stereocenters. The van der Waals surface area contributed by atoms with Crippen molar-refractivity contribution in [3.8, 4) is 5.69 Å². The van der Waals surface area contributed by atoms with Crippen LogP contribution in [0.1, 0.15) is 0 Å². The largest absolute Gasteiger partial charge is 0.465 e. The number of fused-ring (bicyclic) bond motifs is 1. The number of benzene rings is 2. The Balaban J connectivity index is 1.47. The lowest BCUT2D eigenvalue weighted by molar-refractivity contribution is 0.210. The lowest BCUT2D eigenvalue weighted by Gasteiger charge is -2.34. The number of carboxylic acid groups (broad SMARTS) is 1. The van der Waals surface area contributed by atoms with E-state index in [9.17, 15) is 9.59 Å². The van der Waals surface area contributed by atoms with Crippen LogP contribution in [0.15, 0.2) is 65.6 Å². The Morgan fingerprint density at radius 2 is 1.83 bits per heavy atom. The number of rotatable bonds is 5. The number of amides is 1. The van der Waals surface area contributed by atoms with Crippen molar-refractivity contribution in [3.05, 3.63) is 76.2 Å². The number of nitrogens with one attached hydrogen (secondary N) is 2. The van der Waals surface area contributed by atoms with Crippen molar-refractivity contribution in [1.29, 1.82) is 0 Å². The molecule has 10 nitrogen and oxygen atoms in total. The number of piperazine rings is 1. The van der Waals surface area contributed by atoms with Gasteiger partial charge in [0.05, 0.1) is 16.4 Å². The number of nitrogens with zero attached hydrogens (tertiary/aromatic N) is 5. The van der Waals surface area contributed by atoms with Crippen LogP contribution in [-0.2, 0) is 0 Å². The molecular weight excluding hydrogens is 482 g/mol. The average molecular weight is 506 g/mol. The lowest BCUT2D eigenvalue weighted by atomic mass is 10.2. The van der Waals surface area contributed by atoms with Crippen LogP contribution in [0.2, 0.25) is 5.02 Å². The number of aromatic nitrogens is 3. The van der Waals surface area contributed by atoms with Crippen LogP contribution >= 0.6 is 11.6 Å². The van der Waals surface area contributed by atoms with Crippen LogP contribution in [0.4, 0.5) is 27.8 Å². The standard InChI is InChI=1S/C25H24ClN7O3/c1-31-9-11-32(12-10-31)18-6-7-21(20(26)14-18)29-24-27-15-16-5-8-22(34)33(23(16)30-24)19-4-2-3-17(13-19)28-25(35)36/h2-8,13-15,28H,9-12H2,1H3,(H,35,36)(H,27,29,30). The third kappa shape index (κ3) is 4.95. The van der Waals surface area contributed by atoms with Gasteiger partial charge >= 0.3 is 6.09 Å². The van der Waals surface area contributed by atoms with Gasteiger partial charge in [0.15, 0.2) is 5.65 Å². The van der Waals surface area contributed by atoms with Gasteiger partial charge in [0.25, 0.3) is 5.56 Å². The normalized spacial score (nSPS) is 14.1. The van der Waals surface area contributed by atoms with E-state index < -0.39 is 6.09 Å². The van der Waals surface area contributed by atoms with Crippen molar-refractivity contribution in [2.75, 3.05) is 48.8 Å². The molecule has 0 aliphatic carbocycles. The molecule has 5 rings (SSSR count). The fraction of sp³-hybridized carbons (Fsp3) is 0.200. The highest BCUT2D eigenvalue weighted by Crippen LogP contribution is 2.30. The number of halogens is 1. The fourth-order valence-electron chi connectivity index (χ4n) is 4.16. The molecule has 1 aliphatic heterocycles. The molecule has 4 aromatic rings. The Hall–Kier alpha value is -4.15. The Kier molecular flexibility index (Phi) is 6.45. The molecule has 3 heterocycles. The summed E-state index contributed by atoms with van der Waals surface area (Å²) in [6.45, 7) is 3.88. The second kappa shape index (κ2) is 9.84. The van der Waals surface area contributed by atoms with Gasteiger partial charge in [-0.1, -0.05) is 17.7 Å². The van der Waals surface area contributed by atoms with Crippen molar-refractivity contribution >= 4 is 51.7 Å². The van der Waals surface area contributed by atoms with E-state index in [4.69, 9.17) is 16.7 Å². The van der Waals surface area contributed by atoms with Gasteiger partial charge in [-0.25, -0.2) is 9.78 Å². The number of hydrogen-bond acceptors (Lipinski definition) is 7. The first-order valence-electron chi connectivity index (χ1n) is 11.4. The minimum absolute atomic E-state index is 0.274. The summed E-state index contributed by atoms with van der Waals surface area (Å²) in [6.07, 6.45) is 0.425. The first kappa shape index (κ1) is 23.6. The monoisotopic (exact) mass is 505 g/mol. The zero-order chi connectivity index (χ0) is 25.2. The first-order valence-corrected chi connectivity index (χ1v) is 11.7. The molecule has 1 amide bonds. The highest BCUT2D eigenvalue weighted by atomic mass is 35.5. The Morgan fingerprint density at radius 1 is 1.03 bits per heavy atom. The number of hydrogen-bond donors (Lipinski definition) is 3. The smallest absolute Gasteiger partial charge is 0.409 e. The van der Waals surface area contributed by atoms with Crippen LogP contribution in [-0.4, -0.2) is 63.9 Å². The van der Waals surface area contributed by atoms with E-state index in [0.717, 1.165) is 31.9 Å². The Bertz CT molecular complexity index is 1500. The van der Waals surface area contributed by atoms with E-state index in [1.165, 1.54) is 10.6 Å². The van der Waals surface area contributed by atoms with Gasteiger partial charge in [-0.15, -0.1) is 0 Å². The van der Waals surface area contributed by atoms with Gasteiger partial charge in [0.1, 0.15) is 0 Å². The highest BCUT2D eigenvalue weighted by molar-refractivity contribution is 6.33. The molecule has 0 bridgehead atoms. The number of anilines is 4. The number of likely N-dealkylation sites (N-methyl/N-ethyl adjacent to an activating group) is 1. The summed E-state index contributed by atoms with van der Waals surface area (Å²) < 4.78 is 1.41. The molecule has 0 radical (unpaired) electrons. The van der Waals surface area contributed by atoms with Gasteiger partial charge < -0.3 is 20.2 Å². The summed E-state index contributed by atoms with van der Waals surface area (Å²) in [5.74, 6) is 0.274. The van der Waals surface area contributed by atoms with Crippen LogP contribution in [0.25, 0.3) is 16.7 Å². The summed E-state index contributed by atoms with van der Waals surface area (Å²) in [5, 5.41) is 15.7. The second-order valence-electron chi connectivity index (χ2n) is 8.54. The van der Waals surface area contributed by atoms with E-state index in [1.807, 2.05) is 18.2 Å². The molecule has 2 aromatic heterocycles. The lowest BCUT2D eigenvalue weighted by Crippen LogP contribution is -2.44. The van der Waals surface area contributed by atoms with Crippen LogP contribution in [0, 0.1) is 0 Å². The summed E-state index contributed by atoms with van der Waals surface area (Å²) in [6, 6.07) is 15.4. The molecule has 184 valence electrons. The average Bonchev–Trinajstić information content (AvgIpc) is 2.85. The summed E-state index contributed by atoms with van der Waals surface area (Å²) in [7, 11) is 2.12. The van der Waals surface area contributed by atoms with Gasteiger partial charge in [-0.2, -0.15) is 4.98 Å². The molecule has 0 spiro atoms. The molecule has 36 heavy (non-hydrogen) atoms. The minimum atomic E-state index is -1.19. The molecular formula is C25H24ClN7O3. The van der Waals surface area contributed by atoms with E-state index in [2.05, 4.69) is 37.4 Å². The van der Waals surface area contributed by atoms with E-state index in [1.54, 1.807) is 36.5 Å². The zero-order valence-corrected chi connectivity index (χ0v) is 20.2. The third-order valence-electron chi connectivity index (χ3n) is 6.06. The molecule has 1 saturated heterocycles. The summed E-state index contributed by atoms with van der Waals surface area (Å²) >= 11 is 6.59. The Morgan fingerprint density at radius 3 is 2.58 bits per heavy atom. The predicted octanol–water partition coefficient (Wildman–Crippen LogP) is 4.02. The van der Waals surface area contributed by atoms with Crippen molar-refractivity contribution in [1.82, 2.24) is 19.4 Å². The molecule has 0 atom stereocenters. The Labute approximate surface area is 211 Å². The third-order valence-corrected chi connectivity index (χ3v) is 6.37. The summed E-state index contributed by atoms with van der Waals surface area (Å²) in [4.78, 5) is 37.4. The van der Waals surface area contributed by atoms with Gasteiger partial charge in [0, 0.05) is 55.2 Å². The number of pyridine rings is 1. The van der Waals surface area contributed by atoms with Gasteiger partial charge in [-0.05, 0) is 49.5 Å². The SMILES string of the molecule is CN1CCN(c2ccc(Nc3ncc4ccc(=O)n(-c5cccc(NC(=O)O)c5)c4n3)c(Cl)c2)CC1. The highest BCUT2D eigenvalue weighted by Gasteiger charge is 2.16. The molecule has 1 aliphatic rings. The quantitative estimate of drug-likeness (QED) is 0.372. The van der Waals surface area contributed by atoms with E-state index in [0.29, 0.717) is 33.1 Å². The van der Waals surface area contributed by atoms with Crippen LogP contribution in [0.3, 0.4) is 0 Å². The van der Waals surface area contributed by atoms with Crippen molar-refractivity contribution in [2.45, 2.75) is 0 Å². The van der Waals surface area contributed by atoms with Gasteiger partial charge in [0.2, 0.25) is 5.95 Å². The van der Waals surface area contributed by atoms with E-state index >= 15 is 0 Å². The van der Waals surface area contributed by atoms with Crippen molar-refractivity contribution in [3.63, 3.8) is 0 Å². The number of carbonyl (C=O) groups is 1. The molecule has 1 fully saturated rings. The van der Waals surface area contributed by atoms with Gasteiger partial charge in [-0.3, -0.25) is 14.7 Å². The zero-order valence-electron chi connectivity index (χ0n) is 19.5. The van der Waals surface area contributed by atoms with Crippen molar-refractivity contribution < 1.29 is 9.90 Å². The first-order chi connectivity index (χ1) is 17.4. The van der Waals surface area contributed by atoms with Crippen molar-refractivity contribution in [2.24, 2.45) is 0 Å². The maximum Gasteiger partial charge on any atom is 0.409 e. The van der Waals surface area contributed by atoms with E-state index in [-0.39, 0.29) is 11.5 Å². The topological polar surface area (TPSA) is 116 Å². The fourth-order valence-corrected chi connectivity index (χ4v) is 4.38. The molecule has 0 saturated carbocycles. The maximum atomic E-state index is 12.8.